The van der Waals surface area contributed by atoms with Crippen molar-refractivity contribution in [3.8, 4) is 0 Å². The maximum absolute atomic E-state index is 11.7. The van der Waals surface area contributed by atoms with E-state index in [0.717, 1.165) is 34.2 Å². The van der Waals surface area contributed by atoms with E-state index in [1.165, 1.54) is 4.90 Å². The SMILES string of the molecule is CC(C)[NH+]1CCc2nc3cc(Br)ccc3c(C(=O)[O-])c2C1. The molecule has 1 aromatic carbocycles. The fourth-order valence-electron chi connectivity index (χ4n) is 3.05. The lowest BCUT2D eigenvalue weighted by molar-refractivity contribution is -0.937. The van der Waals surface area contributed by atoms with Gasteiger partial charge in [0.25, 0.3) is 0 Å². The van der Waals surface area contributed by atoms with Crippen LogP contribution in [0.15, 0.2) is 22.7 Å². The number of quaternary nitrogens is 1. The molecule has 2 aromatic rings. The maximum Gasteiger partial charge on any atom is 0.105 e. The lowest BCUT2D eigenvalue weighted by atomic mass is 9.95. The van der Waals surface area contributed by atoms with Crippen LogP contribution in [0.25, 0.3) is 10.9 Å². The Morgan fingerprint density at radius 2 is 2.19 bits per heavy atom. The summed E-state index contributed by atoms with van der Waals surface area (Å²) >= 11 is 3.41. The average Bonchev–Trinajstić information content (AvgIpc) is 2.43. The van der Waals surface area contributed by atoms with Crippen molar-refractivity contribution in [3.05, 3.63) is 39.5 Å². The van der Waals surface area contributed by atoms with Crippen molar-refractivity contribution in [2.24, 2.45) is 0 Å². The second kappa shape index (κ2) is 5.39. The first kappa shape index (κ1) is 14.5. The average molecular weight is 349 g/mol. The number of aromatic nitrogens is 1. The first-order chi connectivity index (χ1) is 9.97. The summed E-state index contributed by atoms with van der Waals surface area (Å²) in [5.74, 6) is -1.11. The third-order valence-electron chi connectivity index (χ3n) is 4.24. The summed E-state index contributed by atoms with van der Waals surface area (Å²) in [5.41, 5.74) is 2.79. The lowest BCUT2D eigenvalue weighted by Crippen LogP contribution is -3.14. The number of fused-ring (bicyclic) bond motifs is 2. The zero-order chi connectivity index (χ0) is 15.1. The van der Waals surface area contributed by atoms with Crippen molar-refractivity contribution in [1.82, 2.24) is 4.98 Å². The van der Waals surface area contributed by atoms with Gasteiger partial charge in [-0.2, -0.15) is 0 Å². The van der Waals surface area contributed by atoms with E-state index in [-0.39, 0.29) is 0 Å². The lowest BCUT2D eigenvalue weighted by Gasteiger charge is -2.30. The van der Waals surface area contributed by atoms with Crippen molar-refractivity contribution in [3.63, 3.8) is 0 Å². The minimum atomic E-state index is -1.11. The summed E-state index contributed by atoms with van der Waals surface area (Å²) in [6, 6.07) is 5.98. The molecule has 0 fully saturated rings. The molecular formula is C16H17BrN2O2. The summed E-state index contributed by atoms with van der Waals surface area (Å²) in [6.07, 6.45) is 0.811. The van der Waals surface area contributed by atoms with Gasteiger partial charge in [-0.1, -0.05) is 22.0 Å². The Morgan fingerprint density at radius 1 is 1.43 bits per heavy atom. The highest BCUT2D eigenvalue weighted by atomic mass is 79.9. The van der Waals surface area contributed by atoms with Crippen LogP contribution in [0.5, 0.6) is 0 Å². The van der Waals surface area contributed by atoms with Gasteiger partial charge in [0.05, 0.1) is 29.8 Å². The standard InChI is InChI=1S/C16H17BrN2O2/c1-9(2)19-6-5-13-12(8-19)15(16(20)21)11-4-3-10(17)7-14(11)18-13/h3-4,7,9H,5-6,8H2,1-2H3,(H,20,21). The quantitative estimate of drug-likeness (QED) is 0.869. The highest BCUT2D eigenvalue weighted by Crippen LogP contribution is 2.26. The van der Waals surface area contributed by atoms with E-state index >= 15 is 0 Å². The number of carbonyl (C=O) groups excluding carboxylic acids is 1. The Labute approximate surface area is 131 Å². The van der Waals surface area contributed by atoms with E-state index in [0.29, 0.717) is 23.5 Å². The summed E-state index contributed by atoms with van der Waals surface area (Å²) in [4.78, 5) is 17.8. The predicted octanol–water partition coefficient (Wildman–Crippen LogP) is 0.710. The zero-order valence-electron chi connectivity index (χ0n) is 12.1. The molecule has 1 atom stereocenters. The van der Waals surface area contributed by atoms with Crippen LogP contribution in [-0.2, 0) is 13.0 Å². The molecule has 3 rings (SSSR count). The molecule has 1 aromatic heterocycles. The molecule has 0 radical (unpaired) electrons. The van der Waals surface area contributed by atoms with Gasteiger partial charge in [-0.05, 0) is 26.0 Å². The molecule has 1 aliphatic heterocycles. The van der Waals surface area contributed by atoms with E-state index in [9.17, 15) is 9.90 Å². The highest BCUT2D eigenvalue weighted by Gasteiger charge is 2.27. The van der Waals surface area contributed by atoms with Crippen LogP contribution in [0, 0.1) is 0 Å². The topological polar surface area (TPSA) is 57.5 Å². The summed E-state index contributed by atoms with van der Waals surface area (Å²) in [5, 5.41) is 12.4. The number of rotatable bonds is 2. The van der Waals surface area contributed by atoms with Gasteiger partial charge in [-0.25, -0.2) is 0 Å². The number of carbonyl (C=O) groups is 1. The van der Waals surface area contributed by atoms with Crippen LogP contribution in [0.4, 0.5) is 0 Å². The van der Waals surface area contributed by atoms with Crippen molar-refractivity contribution in [1.29, 1.82) is 0 Å². The van der Waals surface area contributed by atoms with Gasteiger partial charge in [-0.3, -0.25) is 4.98 Å². The van der Waals surface area contributed by atoms with Gasteiger partial charge >= 0.3 is 0 Å². The number of benzene rings is 1. The fraction of sp³-hybridized carbons (Fsp3) is 0.375. The fourth-order valence-corrected chi connectivity index (χ4v) is 3.40. The Balaban J connectivity index is 2.25. The molecule has 21 heavy (non-hydrogen) atoms. The number of aromatic carboxylic acids is 1. The molecule has 1 aliphatic rings. The number of nitrogens with one attached hydrogen (secondary N) is 1. The minimum Gasteiger partial charge on any atom is -0.545 e. The Kier molecular flexibility index (Phi) is 3.71. The molecule has 5 heteroatoms. The number of carboxylic acids is 1. The molecule has 0 spiro atoms. The molecule has 0 amide bonds. The maximum atomic E-state index is 11.7. The second-order valence-corrected chi connectivity index (χ2v) is 6.77. The third-order valence-corrected chi connectivity index (χ3v) is 4.74. The molecule has 0 saturated heterocycles. The monoisotopic (exact) mass is 348 g/mol. The van der Waals surface area contributed by atoms with E-state index in [2.05, 4.69) is 34.8 Å². The van der Waals surface area contributed by atoms with Crippen LogP contribution in [0.1, 0.15) is 35.5 Å². The number of pyridine rings is 1. The summed E-state index contributed by atoms with van der Waals surface area (Å²) < 4.78 is 0.900. The number of hydrogen-bond acceptors (Lipinski definition) is 3. The van der Waals surface area contributed by atoms with Crippen LogP contribution >= 0.6 is 15.9 Å². The molecule has 1 unspecified atom stereocenters. The Hall–Kier alpha value is -1.46. The number of carboxylic acid groups (broad SMARTS) is 1. The first-order valence-electron chi connectivity index (χ1n) is 7.14. The van der Waals surface area contributed by atoms with E-state index in [1.807, 2.05) is 18.2 Å². The van der Waals surface area contributed by atoms with Crippen LogP contribution < -0.4 is 10.0 Å². The molecule has 0 bridgehead atoms. The van der Waals surface area contributed by atoms with E-state index in [4.69, 9.17) is 0 Å². The molecular weight excluding hydrogens is 332 g/mol. The molecule has 1 N–H and O–H groups in total. The summed E-state index contributed by atoms with van der Waals surface area (Å²) in [6.45, 7) is 6.01. The Bertz CT molecular complexity index is 728. The van der Waals surface area contributed by atoms with Crippen LogP contribution in [-0.4, -0.2) is 23.5 Å². The summed E-state index contributed by atoms with van der Waals surface area (Å²) in [7, 11) is 0. The van der Waals surface area contributed by atoms with Crippen molar-refractivity contribution in [2.75, 3.05) is 6.54 Å². The predicted molar refractivity (Wildman–Crippen MR) is 82.1 cm³/mol. The van der Waals surface area contributed by atoms with Crippen molar-refractivity contribution >= 4 is 32.8 Å². The minimum absolute atomic E-state index is 0.320. The van der Waals surface area contributed by atoms with Crippen LogP contribution in [0.2, 0.25) is 0 Å². The first-order valence-corrected chi connectivity index (χ1v) is 7.93. The number of halogens is 1. The van der Waals surface area contributed by atoms with E-state index < -0.39 is 5.97 Å². The van der Waals surface area contributed by atoms with E-state index in [1.54, 1.807) is 0 Å². The molecule has 0 saturated carbocycles. The van der Waals surface area contributed by atoms with Crippen molar-refractivity contribution in [2.45, 2.75) is 32.9 Å². The molecule has 110 valence electrons. The van der Waals surface area contributed by atoms with Gasteiger partial charge in [0.1, 0.15) is 6.54 Å². The highest BCUT2D eigenvalue weighted by molar-refractivity contribution is 9.10. The Morgan fingerprint density at radius 3 is 2.86 bits per heavy atom. The van der Waals surface area contributed by atoms with Crippen LogP contribution in [0.3, 0.4) is 0 Å². The molecule has 2 heterocycles. The van der Waals surface area contributed by atoms with Gasteiger partial charge in [0.15, 0.2) is 0 Å². The normalized spacial score (nSPS) is 18.0. The number of hydrogen-bond donors (Lipinski definition) is 1. The molecule has 4 nitrogen and oxygen atoms in total. The smallest absolute Gasteiger partial charge is 0.105 e. The van der Waals surface area contributed by atoms with Crippen molar-refractivity contribution < 1.29 is 14.8 Å². The van der Waals surface area contributed by atoms with Gasteiger partial charge < -0.3 is 14.8 Å². The van der Waals surface area contributed by atoms with Gasteiger partial charge in [0, 0.05) is 27.4 Å². The number of nitrogens with zero attached hydrogens (tertiary/aromatic N) is 1. The third kappa shape index (κ3) is 2.56. The largest absolute Gasteiger partial charge is 0.545 e. The molecule has 0 aliphatic carbocycles. The second-order valence-electron chi connectivity index (χ2n) is 5.85. The van der Waals surface area contributed by atoms with Gasteiger partial charge in [0.2, 0.25) is 0 Å². The zero-order valence-corrected chi connectivity index (χ0v) is 13.7. The van der Waals surface area contributed by atoms with Gasteiger partial charge in [-0.15, -0.1) is 0 Å².